The van der Waals surface area contributed by atoms with Crippen LogP contribution in [-0.2, 0) is 0 Å². The standard InChI is InChI=1S/C9H15N3S/c1-7-5-13-8(12-7)11-6-9(10)3-2-4-9/h5H,2-4,6,10H2,1H3,(H,11,12). The molecule has 1 saturated carbocycles. The van der Waals surface area contributed by atoms with E-state index in [1.165, 1.54) is 6.42 Å². The van der Waals surface area contributed by atoms with Crippen molar-refractivity contribution < 1.29 is 0 Å². The largest absolute Gasteiger partial charge is 0.360 e. The van der Waals surface area contributed by atoms with Gasteiger partial charge in [0.2, 0.25) is 0 Å². The Morgan fingerprint density at radius 1 is 1.69 bits per heavy atom. The third kappa shape index (κ3) is 2.00. The van der Waals surface area contributed by atoms with E-state index in [9.17, 15) is 0 Å². The molecule has 0 radical (unpaired) electrons. The first kappa shape index (κ1) is 8.97. The van der Waals surface area contributed by atoms with Gasteiger partial charge in [-0.05, 0) is 26.2 Å². The third-order valence-electron chi connectivity index (χ3n) is 2.56. The topological polar surface area (TPSA) is 50.9 Å². The van der Waals surface area contributed by atoms with Crippen LogP contribution >= 0.6 is 11.3 Å². The van der Waals surface area contributed by atoms with Crippen LogP contribution in [0.5, 0.6) is 0 Å². The highest BCUT2D eigenvalue weighted by molar-refractivity contribution is 7.13. The Morgan fingerprint density at radius 3 is 2.92 bits per heavy atom. The summed E-state index contributed by atoms with van der Waals surface area (Å²) in [6.07, 6.45) is 3.56. The zero-order valence-electron chi connectivity index (χ0n) is 7.84. The molecule has 13 heavy (non-hydrogen) atoms. The highest BCUT2D eigenvalue weighted by Gasteiger charge is 2.32. The second kappa shape index (κ2) is 3.27. The summed E-state index contributed by atoms with van der Waals surface area (Å²) in [6, 6.07) is 0. The van der Waals surface area contributed by atoms with Crippen molar-refractivity contribution in [2.24, 2.45) is 5.73 Å². The fraction of sp³-hybridized carbons (Fsp3) is 0.667. The molecule has 3 nitrogen and oxygen atoms in total. The zero-order chi connectivity index (χ0) is 9.31. The fourth-order valence-electron chi connectivity index (χ4n) is 1.49. The van der Waals surface area contributed by atoms with Crippen LogP contribution in [0.15, 0.2) is 5.38 Å². The van der Waals surface area contributed by atoms with E-state index in [1.807, 2.05) is 12.3 Å². The Labute approximate surface area is 82.4 Å². The molecule has 1 aliphatic rings. The van der Waals surface area contributed by atoms with Gasteiger partial charge in [0.05, 0.1) is 5.69 Å². The van der Waals surface area contributed by atoms with Gasteiger partial charge in [0.25, 0.3) is 0 Å². The van der Waals surface area contributed by atoms with Crippen molar-refractivity contribution in [1.82, 2.24) is 4.98 Å². The maximum atomic E-state index is 6.07. The second-order valence-corrected chi connectivity index (χ2v) is 4.72. The maximum Gasteiger partial charge on any atom is 0.182 e. The Kier molecular flexibility index (Phi) is 2.26. The van der Waals surface area contributed by atoms with E-state index in [0.29, 0.717) is 0 Å². The molecule has 1 aromatic heterocycles. The first-order valence-electron chi connectivity index (χ1n) is 4.63. The van der Waals surface area contributed by atoms with Crippen LogP contribution in [-0.4, -0.2) is 17.1 Å². The molecule has 2 rings (SSSR count). The first-order valence-corrected chi connectivity index (χ1v) is 5.51. The molecule has 1 heterocycles. The average molecular weight is 197 g/mol. The van der Waals surface area contributed by atoms with Gasteiger partial charge in [-0.2, -0.15) is 0 Å². The van der Waals surface area contributed by atoms with Gasteiger partial charge in [-0.1, -0.05) is 0 Å². The van der Waals surface area contributed by atoms with Crippen LogP contribution in [0, 0.1) is 6.92 Å². The molecule has 3 N–H and O–H groups in total. The number of nitrogens with one attached hydrogen (secondary N) is 1. The molecule has 1 aliphatic carbocycles. The molecule has 0 atom stereocenters. The van der Waals surface area contributed by atoms with Crippen LogP contribution in [0.4, 0.5) is 5.13 Å². The highest BCUT2D eigenvalue weighted by Crippen LogP contribution is 2.29. The number of hydrogen-bond acceptors (Lipinski definition) is 4. The number of aryl methyl sites for hydroxylation is 1. The van der Waals surface area contributed by atoms with Gasteiger partial charge in [-0.15, -0.1) is 11.3 Å². The first-order chi connectivity index (χ1) is 6.18. The quantitative estimate of drug-likeness (QED) is 0.776. The van der Waals surface area contributed by atoms with Gasteiger partial charge in [0.15, 0.2) is 5.13 Å². The molecule has 0 aromatic carbocycles. The van der Waals surface area contributed by atoms with E-state index in [4.69, 9.17) is 5.73 Å². The Bertz CT molecular complexity index is 291. The average Bonchev–Trinajstić information content (AvgIpc) is 2.44. The summed E-state index contributed by atoms with van der Waals surface area (Å²) in [4.78, 5) is 4.32. The van der Waals surface area contributed by atoms with Gasteiger partial charge >= 0.3 is 0 Å². The molecule has 0 unspecified atom stereocenters. The van der Waals surface area contributed by atoms with Gasteiger partial charge in [-0.3, -0.25) is 0 Å². The molecular weight excluding hydrogens is 182 g/mol. The maximum absolute atomic E-state index is 6.07. The van der Waals surface area contributed by atoms with Gasteiger partial charge in [0, 0.05) is 17.5 Å². The summed E-state index contributed by atoms with van der Waals surface area (Å²) in [7, 11) is 0. The molecule has 0 bridgehead atoms. The monoisotopic (exact) mass is 197 g/mol. The number of nitrogens with zero attached hydrogens (tertiary/aromatic N) is 1. The molecule has 0 spiro atoms. The van der Waals surface area contributed by atoms with Crippen molar-refractivity contribution in [1.29, 1.82) is 0 Å². The lowest BCUT2D eigenvalue weighted by atomic mass is 9.78. The minimum Gasteiger partial charge on any atom is -0.360 e. The predicted octanol–water partition coefficient (Wildman–Crippen LogP) is 1.74. The van der Waals surface area contributed by atoms with E-state index in [-0.39, 0.29) is 5.54 Å². The smallest absolute Gasteiger partial charge is 0.182 e. The summed E-state index contributed by atoms with van der Waals surface area (Å²) in [5.74, 6) is 0. The molecule has 1 aromatic rings. The van der Waals surface area contributed by atoms with E-state index in [1.54, 1.807) is 11.3 Å². The second-order valence-electron chi connectivity index (χ2n) is 3.86. The van der Waals surface area contributed by atoms with Crippen LogP contribution in [0.1, 0.15) is 25.0 Å². The summed E-state index contributed by atoms with van der Waals surface area (Å²) in [6.45, 7) is 2.86. The summed E-state index contributed by atoms with van der Waals surface area (Å²) in [5.41, 5.74) is 7.19. The third-order valence-corrected chi connectivity index (χ3v) is 3.48. The Hall–Kier alpha value is -0.610. The Balaban J connectivity index is 1.85. The summed E-state index contributed by atoms with van der Waals surface area (Å²) < 4.78 is 0. The summed E-state index contributed by atoms with van der Waals surface area (Å²) in [5, 5.41) is 6.33. The number of thiazole rings is 1. The lowest BCUT2D eigenvalue weighted by molar-refractivity contribution is 0.265. The van der Waals surface area contributed by atoms with Gasteiger partial charge < -0.3 is 11.1 Å². The van der Waals surface area contributed by atoms with Crippen molar-refractivity contribution in [3.05, 3.63) is 11.1 Å². The van der Waals surface area contributed by atoms with Crippen molar-refractivity contribution in [3.8, 4) is 0 Å². The number of rotatable bonds is 3. The zero-order valence-corrected chi connectivity index (χ0v) is 8.66. The minimum absolute atomic E-state index is 0.0412. The number of nitrogens with two attached hydrogens (primary N) is 1. The molecular formula is C9H15N3S. The van der Waals surface area contributed by atoms with Crippen molar-refractivity contribution in [3.63, 3.8) is 0 Å². The number of hydrogen-bond donors (Lipinski definition) is 2. The van der Waals surface area contributed by atoms with E-state index < -0.39 is 0 Å². The molecule has 0 amide bonds. The summed E-state index contributed by atoms with van der Waals surface area (Å²) >= 11 is 1.65. The van der Waals surface area contributed by atoms with Crippen LogP contribution < -0.4 is 11.1 Å². The Morgan fingerprint density at radius 2 is 2.46 bits per heavy atom. The van der Waals surface area contributed by atoms with E-state index >= 15 is 0 Å². The molecule has 4 heteroatoms. The lowest BCUT2D eigenvalue weighted by Gasteiger charge is -2.38. The number of anilines is 1. The van der Waals surface area contributed by atoms with Gasteiger partial charge in [0.1, 0.15) is 0 Å². The SMILES string of the molecule is Cc1csc(NCC2(N)CCC2)n1. The molecule has 1 fully saturated rings. The van der Waals surface area contributed by atoms with Crippen LogP contribution in [0.25, 0.3) is 0 Å². The van der Waals surface area contributed by atoms with Gasteiger partial charge in [-0.25, -0.2) is 4.98 Å². The van der Waals surface area contributed by atoms with Crippen LogP contribution in [0.2, 0.25) is 0 Å². The number of aromatic nitrogens is 1. The highest BCUT2D eigenvalue weighted by atomic mass is 32.1. The predicted molar refractivity (Wildman–Crippen MR) is 56.1 cm³/mol. The fourth-order valence-corrected chi connectivity index (χ4v) is 2.18. The molecule has 0 saturated heterocycles. The van der Waals surface area contributed by atoms with Crippen molar-refractivity contribution in [2.45, 2.75) is 31.7 Å². The molecule has 0 aliphatic heterocycles. The van der Waals surface area contributed by atoms with Crippen molar-refractivity contribution in [2.75, 3.05) is 11.9 Å². The minimum atomic E-state index is 0.0412. The van der Waals surface area contributed by atoms with E-state index in [0.717, 1.165) is 30.2 Å². The van der Waals surface area contributed by atoms with E-state index in [2.05, 4.69) is 10.3 Å². The van der Waals surface area contributed by atoms with Crippen LogP contribution in [0.3, 0.4) is 0 Å². The molecule has 72 valence electrons. The lowest BCUT2D eigenvalue weighted by Crippen LogP contribution is -2.51. The van der Waals surface area contributed by atoms with Crippen molar-refractivity contribution >= 4 is 16.5 Å². The normalized spacial score (nSPS) is 19.5.